The summed E-state index contributed by atoms with van der Waals surface area (Å²) in [5.74, 6) is -1.37. The lowest BCUT2D eigenvalue weighted by Gasteiger charge is -2.08. The van der Waals surface area contributed by atoms with Gasteiger partial charge in [-0.2, -0.15) is 0 Å². The molecule has 1 fully saturated rings. The minimum atomic E-state index is -0.734. The van der Waals surface area contributed by atoms with E-state index in [1.54, 1.807) is 0 Å². The Morgan fingerprint density at radius 2 is 1.50 bits per heavy atom. The first kappa shape index (κ1) is 13.0. The van der Waals surface area contributed by atoms with Crippen molar-refractivity contribution in [3.05, 3.63) is 0 Å². The fourth-order valence-electron chi connectivity index (χ4n) is 1.99. The van der Waals surface area contributed by atoms with Crippen molar-refractivity contribution in [2.45, 2.75) is 57.8 Å². The maximum atomic E-state index is 10.9. The molecule has 0 aromatic carbocycles. The van der Waals surface area contributed by atoms with Crippen LogP contribution in [0.5, 0.6) is 0 Å². The molecule has 1 aliphatic carbocycles. The third-order valence-electron chi connectivity index (χ3n) is 3.35. The van der Waals surface area contributed by atoms with Crippen LogP contribution >= 0.6 is 0 Å². The van der Waals surface area contributed by atoms with Crippen molar-refractivity contribution in [2.24, 2.45) is 5.41 Å². The molecule has 4 nitrogen and oxygen atoms in total. The molecule has 0 radical (unpaired) electrons. The molecule has 92 valence electrons. The monoisotopic (exact) mass is 228 g/mol. The smallest absolute Gasteiger partial charge is 0.309 e. The van der Waals surface area contributed by atoms with Gasteiger partial charge in [0.2, 0.25) is 0 Å². The number of rotatable bonds is 9. The van der Waals surface area contributed by atoms with E-state index in [9.17, 15) is 9.59 Å². The van der Waals surface area contributed by atoms with Gasteiger partial charge >= 0.3 is 11.9 Å². The van der Waals surface area contributed by atoms with Crippen LogP contribution in [-0.2, 0) is 9.59 Å². The summed E-state index contributed by atoms with van der Waals surface area (Å²) in [7, 11) is 0. The molecule has 1 rings (SSSR count). The summed E-state index contributed by atoms with van der Waals surface area (Å²) in [6.45, 7) is 0. The average Bonchev–Trinajstić information content (AvgIpc) is 2.97. The Balaban J connectivity index is 1.93. The van der Waals surface area contributed by atoms with Crippen LogP contribution in [0.15, 0.2) is 0 Å². The topological polar surface area (TPSA) is 74.6 Å². The number of hydrogen-bond donors (Lipinski definition) is 2. The van der Waals surface area contributed by atoms with E-state index in [2.05, 4.69) is 0 Å². The first-order valence-electron chi connectivity index (χ1n) is 6.02. The molecule has 1 saturated carbocycles. The van der Waals surface area contributed by atoms with Crippen molar-refractivity contribution in [3.8, 4) is 0 Å². The first-order valence-corrected chi connectivity index (χ1v) is 6.02. The highest BCUT2D eigenvalue weighted by atomic mass is 16.4. The molecule has 2 N–H and O–H groups in total. The zero-order chi connectivity index (χ0) is 12.0. The molecule has 0 amide bonds. The van der Waals surface area contributed by atoms with E-state index in [0.717, 1.165) is 51.4 Å². The number of carboxylic acid groups (broad SMARTS) is 2. The molecule has 0 saturated heterocycles. The van der Waals surface area contributed by atoms with Crippen LogP contribution in [-0.4, -0.2) is 22.2 Å². The number of aliphatic carboxylic acids is 2. The molecule has 16 heavy (non-hydrogen) atoms. The molecule has 0 aliphatic heterocycles. The van der Waals surface area contributed by atoms with Crippen LogP contribution in [0.25, 0.3) is 0 Å². The largest absolute Gasteiger partial charge is 0.481 e. The molecule has 0 atom stereocenters. The second kappa shape index (κ2) is 5.87. The Bertz CT molecular complexity index is 256. The van der Waals surface area contributed by atoms with E-state index in [0.29, 0.717) is 0 Å². The SMILES string of the molecule is O=C(O)CCCCCCCC1(C(=O)O)CC1. The standard InChI is InChI=1S/C12H20O4/c13-10(14)6-4-2-1-3-5-7-12(8-9-12)11(15)16/h1-9H2,(H,13,14)(H,15,16). The van der Waals surface area contributed by atoms with Gasteiger partial charge in [0.05, 0.1) is 5.41 Å². The van der Waals surface area contributed by atoms with Crippen molar-refractivity contribution < 1.29 is 19.8 Å². The minimum absolute atomic E-state index is 0.249. The summed E-state index contributed by atoms with van der Waals surface area (Å²) in [4.78, 5) is 21.1. The highest BCUT2D eigenvalue weighted by Gasteiger charge is 2.49. The van der Waals surface area contributed by atoms with Gasteiger partial charge in [0, 0.05) is 6.42 Å². The summed E-state index contributed by atoms with van der Waals surface area (Å²) in [5.41, 5.74) is -0.388. The summed E-state index contributed by atoms with van der Waals surface area (Å²) in [6.07, 6.45) is 7.38. The van der Waals surface area contributed by atoms with Crippen molar-refractivity contribution in [1.82, 2.24) is 0 Å². The minimum Gasteiger partial charge on any atom is -0.481 e. The van der Waals surface area contributed by atoms with Crippen LogP contribution in [0.1, 0.15) is 57.8 Å². The molecule has 0 bridgehead atoms. The van der Waals surface area contributed by atoms with Crippen LogP contribution in [0.2, 0.25) is 0 Å². The van der Waals surface area contributed by atoms with Gasteiger partial charge in [-0.1, -0.05) is 25.7 Å². The zero-order valence-corrected chi connectivity index (χ0v) is 9.57. The quantitative estimate of drug-likeness (QED) is 0.595. The number of unbranched alkanes of at least 4 members (excludes halogenated alkanes) is 4. The number of carboxylic acids is 2. The highest BCUT2D eigenvalue weighted by molar-refractivity contribution is 5.77. The van der Waals surface area contributed by atoms with Gasteiger partial charge in [0.1, 0.15) is 0 Å². The average molecular weight is 228 g/mol. The van der Waals surface area contributed by atoms with Crippen molar-refractivity contribution in [2.75, 3.05) is 0 Å². The zero-order valence-electron chi connectivity index (χ0n) is 9.57. The molecule has 4 heteroatoms. The van der Waals surface area contributed by atoms with E-state index in [-0.39, 0.29) is 11.8 Å². The van der Waals surface area contributed by atoms with Crippen molar-refractivity contribution in [1.29, 1.82) is 0 Å². The number of carbonyl (C=O) groups is 2. The van der Waals surface area contributed by atoms with E-state index in [4.69, 9.17) is 10.2 Å². The van der Waals surface area contributed by atoms with E-state index in [1.807, 2.05) is 0 Å². The van der Waals surface area contributed by atoms with Gasteiger partial charge in [-0.15, -0.1) is 0 Å². The highest BCUT2D eigenvalue weighted by Crippen LogP contribution is 2.50. The van der Waals surface area contributed by atoms with Crippen LogP contribution in [0, 0.1) is 5.41 Å². The summed E-state index contributed by atoms with van der Waals surface area (Å²) < 4.78 is 0. The van der Waals surface area contributed by atoms with E-state index >= 15 is 0 Å². The van der Waals surface area contributed by atoms with Gasteiger partial charge in [-0.05, 0) is 25.7 Å². The number of hydrogen-bond acceptors (Lipinski definition) is 2. The summed E-state index contributed by atoms with van der Waals surface area (Å²) >= 11 is 0. The Kier molecular flexibility index (Phi) is 4.77. The molecule has 0 unspecified atom stereocenters. The Hall–Kier alpha value is -1.06. The summed E-state index contributed by atoms with van der Waals surface area (Å²) in [6, 6.07) is 0. The van der Waals surface area contributed by atoms with Gasteiger partial charge in [0.25, 0.3) is 0 Å². The van der Waals surface area contributed by atoms with E-state index < -0.39 is 11.9 Å². The fourth-order valence-corrected chi connectivity index (χ4v) is 1.99. The maximum Gasteiger partial charge on any atom is 0.309 e. The molecule has 0 aromatic heterocycles. The van der Waals surface area contributed by atoms with Gasteiger partial charge < -0.3 is 10.2 Å². The normalized spacial score (nSPS) is 17.0. The van der Waals surface area contributed by atoms with Gasteiger partial charge in [-0.3, -0.25) is 9.59 Å². The lowest BCUT2D eigenvalue weighted by molar-refractivity contribution is -0.143. The second-order valence-electron chi connectivity index (χ2n) is 4.75. The van der Waals surface area contributed by atoms with Gasteiger partial charge in [0.15, 0.2) is 0 Å². The molecule has 0 spiro atoms. The molecule has 0 heterocycles. The van der Waals surface area contributed by atoms with E-state index in [1.165, 1.54) is 0 Å². The predicted molar refractivity (Wildman–Crippen MR) is 59.3 cm³/mol. The van der Waals surface area contributed by atoms with Crippen molar-refractivity contribution in [3.63, 3.8) is 0 Å². The fraction of sp³-hybridized carbons (Fsp3) is 0.833. The Morgan fingerprint density at radius 3 is 2.00 bits per heavy atom. The predicted octanol–water partition coefficient (Wildman–Crippen LogP) is 2.67. The van der Waals surface area contributed by atoms with Crippen LogP contribution in [0.4, 0.5) is 0 Å². The molecular formula is C12H20O4. The van der Waals surface area contributed by atoms with Crippen LogP contribution < -0.4 is 0 Å². The first-order chi connectivity index (χ1) is 7.57. The lowest BCUT2D eigenvalue weighted by Crippen LogP contribution is -2.14. The Labute approximate surface area is 95.7 Å². The summed E-state index contributed by atoms with van der Waals surface area (Å²) in [5, 5.41) is 17.4. The third kappa shape index (κ3) is 4.21. The molecular weight excluding hydrogens is 208 g/mol. The lowest BCUT2D eigenvalue weighted by atomic mass is 9.98. The second-order valence-corrected chi connectivity index (χ2v) is 4.75. The Morgan fingerprint density at radius 1 is 0.938 bits per heavy atom. The van der Waals surface area contributed by atoms with Gasteiger partial charge in [-0.25, -0.2) is 0 Å². The molecule has 0 aromatic rings. The van der Waals surface area contributed by atoms with Crippen LogP contribution in [0.3, 0.4) is 0 Å². The van der Waals surface area contributed by atoms with Crippen molar-refractivity contribution >= 4 is 11.9 Å². The third-order valence-corrected chi connectivity index (χ3v) is 3.35. The molecule has 1 aliphatic rings. The maximum absolute atomic E-state index is 10.9.